The molecule has 0 bridgehead atoms. The molecule has 0 atom stereocenters. The van der Waals surface area contributed by atoms with Crippen LogP contribution in [0.25, 0.3) is 49.5 Å². The van der Waals surface area contributed by atoms with E-state index in [1.807, 2.05) is 47.7 Å². The predicted molar refractivity (Wildman–Crippen MR) is 187 cm³/mol. The smallest absolute Gasteiger partial charge is 0.164 e. The molecule has 2 heterocycles. The molecule has 4 aromatic carbocycles. The Morgan fingerprint density at radius 1 is 0.804 bits per heavy atom. The summed E-state index contributed by atoms with van der Waals surface area (Å²) < 4.78 is 2.38. The van der Waals surface area contributed by atoms with Gasteiger partial charge in [-0.2, -0.15) is 0 Å². The summed E-state index contributed by atoms with van der Waals surface area (Å²) in [7, 11) is 0. The average Bonchev–Trinajstić information content (AvgIpc) is 3.31. The number of ketones is 1. The predicted octanol–water partition coefficient (Wildman–Crippen LogP) is 10.5. The van der Waals surface area contributed by atoms with E-state index in [9.17, 15) is 9.90 Å². The molecule has 6 aromatic rings. The molecule has 0 aliphatic heterocycles. The van der Waals surface area contributed by atoms with Crippen LogP contribution in [0.1, 0.15) is 66.5 Å². The van der Waals surface area contributed by atoms with Crippen molar-refractivity contribution >= 4 is 38.4 Å². The summed E-state index contributed by atoms with van der Waals surface area (Å²) in [5.74, 6) is 0.104. The van der Waals surface area contributed by atoms with Crippen LogP contribution in [0, 0.1) is 16.9 Å². The SMILES string of the molecule is CC(C)(C)C(=O)/C=C(\O)C(C)(C)C.CC1(C)c2cc3ccccc3[c-]c2-c2nccc3c2c2c1cccc2n3-c1ccccc1.[Ir]. The van der Waals surface area contributed by atoms with Crippen LogP contribution in [0.4, 0.5) is 0 Å². The molecule has 5 heteroatoms. The van der Waals surface area contributed by atoms with Crippen molar-refractivity contribution in [1.82, 2.24) is 9.55 Å². The normalized spacial score (nSPS) is 14.0. The molecule has 1 N–H and O–H groups in total. The van der Waals surface area contributed by atoms with Crippen molar-refractivity contribution in [3.8, 4) is 16.9 Å². The van der Waals surface area contributed by atoms with E-state index in [1.54, 1.807) is 0 Å². The Balaban J connectivity index is 0.000000256. The maximum Gasteiger partial charge on any atom is 0.164 e. The fourth-order valence-corrected chi connectivity index (χ4v) is 6.12. The number of carbonyl (C=O) groups excluding carboxylic acids is 1. The molecule has 1 aliphatic rings. The number of para-hydroxylation sites is 1. The molecule has 0 saturated heterocycles. The largest absolute Gasteiger partial charge is 0.512 e. The van der Waals surface area contributed by atoms with Crippen molar-refractivity contribution in [1.29, 1.82) is 0 Å². The average molecular weight is 786 g/mol. The zero-order chi connectivity index (χ0) is 32.3. The van der Waals surface area contributed by atoms with Crippen molar-refractivity contribution in [3.05, 3.63) is 120 Å². The van der Waals surface area contributed by atoms with Gasteiger partial charge in [-0.05, 0) is 35.2 Å². The van der Waals surface area contributed by atoms with Gasteiger partial charge in [0.25, 0.3) is 0 Å². The first-order valence-electron chi connectivity index (χ1n) is 15.6. The van der Waals surface area contributed by atoms with E-state index in [0.29, 0.717) is 0 Å². The number of benzene rings is 4. The van der Waals surface area contributed by atoms with Crippen LogP contribution in [0.15, 0.2) is 103 Å². The van der Waals surface area contributed by atoms with Crippen LogP contribution >= 0.6 is 0 Å². The molecule has 237 valence electrons. The molecule has 2 aromatic heterocycles. The Hall–Kier alpha value is -4.05. The van der Waals surface area contributed by atoms with Crippen molar-refractivity contribution in [2.24, 2.45) is 10.8 Å². The molecule has 0 unspecified atom stereocenters. The van der Waals surface area contributed by atoms with Gasteiger partial charge in [0.1, 0.15) is 5.76 Å². The van der Waals surface area contributed by atoms with E-state index in [-0.39, 0.29) is 42.5 Å². The van der Waals surface area contributed by atoms with Crippen LogP contribution in [0.2, 0.25) is 0 Å². The zero-order valence-electron chi connectivity index (χ0n) is 27.8. The maximum atomic E-state index is 11.5. The Bertz CT molecular complexity index is 2120. The summed E-state index contributed by atoms with van der Waals surface area (Å²) >= 11 is 0. The number of aliphatic hydroxyl groups is 1. The molecule has 1 radical (unpaired) electrons. The van der Waals surface area contributed by atoms with E-state index in [4.69, 9.17) is 4.98 Å². The Kier molecular flexibility index (Phi) is 8.66. The molecule has 46 heavy (non-hydrogen) atoms. The van der Waals surface area contributed by atoms with Crippen molar-refractivity contribution in [2.75, 3.05) is 0 Å². The van der Waals surface area contributed by atoms with E-state index in [2.05, 4.69) is 109 Å². The molecule has 7 rings (SSSR count). The number of aromatic nitrogens is 2. The third-order valence-corrected chi connectivity index (χ3v) is 8.87. The third kappa shape index (κ3) is 5.72. The van der Waals surface area contributed by atoms with Gasteiger partial charge in [-0.1, -0.05) is 120 Å². The number of rotatable bonds is 2. The first kappa shape index (κ1) is 33.3. The molecular weight excluding hydrogens is 745 g/mol. The first-order chi connectivity index (χ1) is 21.2. The van der Waals surface area contributed by atoms with E-state index < -0.39 is 5.41 Å². The van der Waals surface area contributed by atoms with Crippen LogP contribution in [0.5, 0.6) is 0 Å². The summed E-state index contributed by atoms with van der Waals surface area (Å²) in [6.07, 6.45) is 3.28. The summed E-state index contributed by atoms with van der Waals surface area (Å²) in [5.41, 5.74) is 7.40. The van der Waals surface area contributed by atoms with Gasteiger partial charge in [-0.15, -0.1) is 23.6 Å². The minimum atomic E-state index is -0.417. The van der Waals surface area contributed by atoms with E-state index in [1.165, 1.54) is 50.1 Å². The zero-order valence-corrected chi connectivity index (χ0v) is 30.2. The number of hydrogen-bond acceptors (Lipinski definition) is 3. The van der Waals surface area contributed by atoms with Crippen LogP contribution < -0.4 is 0 Å². The van der Waals surface area contributed by atoms with Gasteiger partial charge in [0, 0.05) is 65.4 Å². The number of fused-ring (bicyclic) bond motifs is 3. The number of aliphatic hydroxyl groups excluding tert-OH is 1. The summed E-state index contributed by atoms with van der Waals surface area (Å²) in [6, 6.07) is 34.1. The van der Waals surface area contributed by atoms with E-state index in [0.717, 1.165) is 16.6 Å². The minimum Gasteiger partial charge on any atom is -0.512 e. The summed E-state index contributed by atoms with van der Waals surface area (Å²) in [4.78, 5) is 16.4. The molecule has 0 amide bonds. The number of allylic oxidation sites excluding steroid dienone is 2. The second-order valence-corrected chi connectivity index (χ2v) is 14.6. The van der Waals surface area contributed by atoms with Crippen molar-refractivity contribution in [2.45, 2.75) is 60.8 Å². The van der Waals surface area contributed by atoms with Gasteiger partial charge in [0.05, 0.1) is 11.0 Å². The maximum absolute atomic E-state index is 11.5. The van der Waals surface area contributed by atoms with Gasteiger partial charge in [-0.3, -0.25) is 9.78 Å². The number of hydrogen-bond donors (Lipinski definition) is 1. The third-order valence-electron chi connectivity index (χ3n) is 8.87. The monoisotopic (exact) mass is 786 g/mol. The number of carbonyl (C=O) groups is 1. The summed E-state index contributed by atoms with van der Waals surface area (Å²) in [6.45, 7) is 15.8. The van der Waals surface area contributed by atoms with E-state index >= 15 is 0 Å². The number of nitrogens with zero attached hydrogens (tertiary/aromatic N) is 2. The molecule has 0 spiro atoms. The Labute approximate surface area is 285 Å². The van der Waals surface area contributed by atoms with Gasteiger partial charge < -0.3 is 9.67 Å². The molecular formula is C41H41IrN2O2-. The van der Waals surface area contributed by atoms with Gasteiger partial charge >= 0.3 is 0 Å². The van der Waals surface area contributed by atoms with Crippen LogP contribution in [-0.4, -0.2) is 20.4 Å². The fraction of sp³-hybridized carbons (Fsp3) is 0.268. The van der Waals surface area contributed by atoms with Crippen LogP contribution in [0.3, 0.4) is 0 Å². The van der Waals surface area contributed by atoms with Crippen molar-refractivity contribution < 1.29 is 30.0 Å². The Morgan fingerprint density at radius 3 is 2.13 bits per heavy atom. The topological polar surface area (TPSA) is 55.1 Å². The minimum absolute atomic E-state index is 0. The van der Waals surface area contributed by atoms with Gasteiger partial charge in [-0.25, -0.2) is 0 Å². The first-order valence-corrected chi connectivity index (χ1v) is 15.6. The fourth-order valence-electron chi connectivity index (χ4n) is 6.12. The molecule has 0 saturated carbocycles. The van der Waals surface area contributed by atoms with Crippen LogP contribution in [-0.2, 0) is 30.3 Å². The second kappa shape index (κ2) is 12.0. The van der Waals surface area contributed by atoms with Gasteiger partial charge in [0.2, 0.25) is 0 Å². The Morgan fingerprint density at radius 2 is 1.46 bits per heavy atom. The molecule has 4 nitrogen and oxygen atoms in total. The number of pyridine rings is 1. The summed E-state index contributed by atoms with van der Waals surface area (Å²) in [5, 5.41) is 14.4. The second-order valence-electron chi connectivity index (χ2n) is 14.6. The molecule has 0 fully saturated rings. The molecule has 1 aliphatic carbocycles. The van der Waals surface area contributed by atoms with Crippen molar-refractivity contribution in [3.63, 3.8) is 0 Å². The van der Waals surface area contributed by atoms with Gasteiger partial charge in [0.15, 0.2) is 5.78 Å². The quantitative estimate of drug-likeness (QED) is 0.108. The standard InChI is InChI=1S/C30H21N2.C11H20O2.Ir/c1-30(2)23-13-8-14-25-27(23)28-26(32(25)21-11-4-3-5-12-21)15-16-31-29(28)22-17-19-9-6-7-10-20(19)18-24(22)30;1-10(2,3)8(12)7-9(13)11(4,5)6;/h3-16,18H,1-2H3;7,12H,1-6H3;/q-1;;/b;8-7-;.